The standard InChI is InChI=1S/C17H10BrF3N2O2/c1-2-10-3-8-13-14(9-10)16(24)23(22-15(13)18)11-4-6-12(7-5-11)25-17(19,20)21/h2-9H,1H2. The summed E-state index contributed by atoms with van der Waals surface area (Å²) in [5.41, 5.74) is 0.681. The highest BCUT2D eigenvalue weighted by Crippen LogP contribution is 2.25. The minimum absolute atomic E-state index is 0.311. The lowest BCUT2D eigenvalue weighted by Crippen LogP contribution is -2.22. The number of hydrogen-bond acceptors (Lipinski definition) is 3. The molecule has 0 atom stereocenters. The Bertz CT molecular complexity index is 1010. The molecule has 0 radical (unpaired) electrons. The summed E-state index contributed by atoms with van der Waals surface area (Å²) >= 11 is 3.31. The number of hydrogen-bond donors (Lipinski definition) is 0. The second kappa shape index (κ2) is 6.36. The van der Waals surface area contributed by atoms with Crippen LogP contribution in [0.25, 0.3) is 22.5 Å². The molecule has 3 rings (SSSR count). The lowest BCUT2D eigenvalue weighted by atomic mass is 10.1. The SMILES string of the molecule is C=Cc1ccc2c(Br)nn(-c3ccc(OC(F)(F)F)cc3)c(=O)c2c1. The monoisotopic (exact) mass is 410 g/mol. The summed E-state index contributed by atoms with van der Waals surface area (Å²) in [6, 6.07) is 10.1. The number of alkyl halides is 3. The molecular formula is C17H10BrF3N2O2. The van der Waals surface area contributed by atoms with E-state index in [1.54, 1.807) is 24.3 Å². The highest BCUT2D eigenvalue weighted by atomic mass is 79.9. The van der Waals surface area contributed by atoms with E-state index in [1.165, 1.54) is 12.1 Å². The zero-order chi connectivity index (χ0) is 18.2. The van der Waals surface area contributed by atoms with E-state index < -0.39 is 11.9 Å². The summed E-state index contributed by atoms with van der Waals surface area (Å²) in [7, 11) is 0. The molecule has 0 aliphatic rings. The van der Waals surface area contributed by atoms with E-state index in [0.717, 1.165) is 22.4 Å². The molecule has 8 heteroatoms. The molecule has 0 amide bonds. The topological polar surface area (TPSA) is 44.1 Å². The van der Waals surface area contributed by atoms with Crippen molar-refractivity contribution in [1.82, 2.24) is 9.78 Å². The Labute approximate surface area is 148 Å². The van der Waals surface area contributed by atoms with Gasteiger partial charge in [-0.25, -0.2) is 0 Å². The Hall–Kier alpha value is -2.61. The molecule has 0 saturated heterocycles. The van der Waals surface area contributed by atoms with Gasteiger partial charge in [-0.2, -0.15) is 9.78 Å². The van der Waals surface area contributed by atoms with Crippen molar-refractivity contribution < 1.29 is 17.9 Å². The Morgan fingerprint density at radius 1 is 1.12 bits per heavy atom. The minimum atomic E-state index is -4.77. The number of nitrogens with zero attached hydrogens (tertiary/aromatic N) is 2. The van der Waals surface area contributed by atoms with Crippen LogP contribution < -0.4 is 10.3 Å². The molecule has 25 heavy (non-hydrogen) atoms. The summed E-state index contributed by atoms with van der Waals surface area (Å²) in [5.74, 6) is -0.377. The van der Waals surface area contributed by atoms with Crippen molar-refractivity contribution in [3.05, 3.63) is 69.6 Å². The quantitative estimate of drug-likeness (QED) is 0.628. The van der Waals surface area contributed by atoms with Gasteiger partial charge in [-0.15, -0.1) is 13.2 Å². The van der Waals surface area contributed by atoms with E-state index >= 15 is 0 Å². The second-order valence-electron chi connectivity index (χ2n) is 5.06. The van der Waals surface area contributed by atoms with Crippen LogP contribution in [0.4, 0.5) is 13.2 Å². The molecule has 0 fully saturated rings. The first-order valence-corrected chi connectivity index (χ1v) is 7.79. The lowest BCUT2D eigenvalue weighted by Gasteiger charge is -2.11. The molecule has 1 aromatic heterocycles. The van der Waals surface area contributed by atoms with Crippen molar-refractivity contribution >= 4 is 32.8 Å². The first-order valence-electron chi connectivity index (χ1n) is 7.00. The van der Waals surface area contributed by atoms with Crippen LogP contribution in [0.15, 0.2) is 58.4 Å². The molecule has 4 nitrogen and oxygen atoms in total. The smallest absolute Gasteiger partial charge is 0.406 e. The fraction of sp³-hybridized carbons (Fsp3) is 0.0588. The maximum atomic E-state index is 12.7. The van der Waals surface area contributed by atoms with Gasteiger partial charge in [-0.1, -0.05) is 24.8 Å². The Morgan fingerprint density at radius 3 is 2.40 bits per heavy atom. The molecule has 2 aromatic carbocycles. The third-order valence-electron chi connectivity index (χ3n) is 3.43. The second-order valence-corrected chi connectivity index (χ2v) is 5.81. The molecule has 0 unspecified atom stereocenters. The average molecular weight is 411 g/mol. The van der Waals surface area contributed by atoms with E-state index in [9.17, 15) is 18.0 Å². The van der Waals surface area contributed by atoms with Gasteiger partial charge in [0.15, 0.2) is 0 Å². The summed E-state index contributed by atoms with van der Waals surface area (Å²) in [6.07, 6.45) is -3.16. The number of rotatable bonds is 3. The van der Waals surface area contributed by atoms with Crippen LogP contribution in [0.5, 0.6) is 5.75 Å². The first kappa shape index (κ1) is 17.2. The summed E-state index contributed by atoms with van der Waals surface area (Å²) < 4.78 is 42.0. The Kier molecular flexibility index (Phi) is 4.38. The largest absolute Gasteiger partial charge is 0.573 e. The molecule has 0 bridgehead atoms. The zero-order valence-electron chi connectivity index (χ0n) is 12.5. The highest BCUT2D eigenvalue weighted by Gasteiger charge is 2.31. The Morgan fingerprint density at radius 2 is 1.80 bits per heavy atom. The van der Waals surface area contributed by atoms with Crippen molar-refractivity contribution in [2.75, 3.05) is 0 Å². The fourth-order valence-electron chi connectivity index (χ4n) is 2.31. The van der Waals surface area contributed by atoms with Crippen LogP contribution in [0.3, 0.4) is 0 Å². The van der Waals surface area contributed by atoms with Crippen LogP contribution in [-0.4, -0.2) is 16.1 Å². The molecule has 0 aliphatic carbocycles. The molecule has 0 saturated carbocycles. The van der Waals surface area contributed by atoms with Gasteiger partial charge in [0, 0.05) is 5.39 Å². The van der Waals surface area contributed by atoms with Crippen LogP contribution >= 0.6 is 15.9 Å². The van der Waals surface area contributed by atoms with Crippen LogP contribution in [0.1, 0.15) is 5.56 Å². The molecule has 0 aliphatic heterocycles. The molecular weight excluding hydrogens is 401 g/mol. The van der Waals surface area contributed by atoms with Crippen molar-refractivity contribution in [2.45, 2.75) is 6.36 Å². The van der Waals surface area contributed by atoms with Gasteiger partial charge in [0.25, 0.3) is 5.56 Å². The van der Waals surface area contributed by atoms with E-state index in [2.05, 4.69) is 32.3 Å². The normalized spacial score (nSPS) is 11.5. The van der Waals surface area contributed by atoms with Gasteiger partial charge < -0.3 is 4.74 Å². The number of fused-ring (bicyclic) bond motifs is 1. The van der Waals surface area contributed by atoms with Crippen molar-refractivity contribution in [2.24, 2.45) is 0 Å². The van der Waals surface area contributed by atoms with Crippen LogP contribution in [0, 0.1) is 0 Å². The van der Waals surface area contributed by atoms with E-state index in [0.29, 0.717) is 21.1 Å². The minimum Gasteiger partial charge on any atom is -0.406 e. The maximum Gasteiger partial charge on any atom is 0.573 e. The highest BCUT2D eigenvalue weighted by molar-refractivity contribution is 9.10. The van der Waals surface area contributed by atoms with E-state index in [-0.39, 0.29) is 5.75 Å². The zero-order valence-corrected chi connectivity index (χ0v) is 14.1. The first-order chi connectivity index (χ1) is 11.8. The van der Waals surface area contributed by atoms with E-state index in [4.69, 9.17) is 0 Å². The van der Waals surface area contributed by atoms with Crippen LogP contribution in [-0.2, 0) is 0 Å². The maximum absolute atomic E-state index is 12.7. The number of ether oxygens (including phenoxy) is 1. The van der Waals surface area contributed by atoms with Gasteiger partial charge in [-0.3, -0.25) is 4.79 Å². The van der Waals surface area contributed by atoms with Gasteiger partial charge >= 0.3 is 6.36 Å². The van der Waals surface area contributed by atoms with Crippen molar-refractivity contribution in [3.63, 3.8) is 0 Å². The number of benzene rings is 2. The number of halogens is 4. The molecule has 1 heterocycles. The predicted octanol–water partition coefficient (Wildman–Crippen LogP) is 4.69. The molecule has 3 aromatic rings. The predicted molar refractivity (Wildman–Crippen MR) is 91.8 cm³/mol. The summed E-state index contributed by atoms with van der Waals surface area (Å²) in [6.45, 7) is 3.67. The average Bonchev–Trinajstić information content (AvgIpc) is 2.57. The van der Waals surface area contributed by atoms with Gasteiger partial charge in [0.1, 0.15) is 10.4 Å². The van der Waals surface area contributed by atoms with Gasteiger partial charge in [0.2, 0.25) is 0 Å². The lowest BCUT2D eigenvalue weighted by molar-refractivity contribution is -0.274. The number of aromatic nitrogens is 2. The third-order valence-corrected chi connectivity index (χ3v) is 4.01. The molecule has 128 valence electrons. The molecule has 0 N–H and O–H groups in total. The van der Waals surface area contributed by atoms with Gasteiger partial charge in [-0.05, 0) is 51.8 Å². The third kappa shape index (κ3) is 3.58. The Balaban J connectivity index is 2.11. The summed E-state index contributed by atoms with van der Waals surface area (Å²) in [5, 5.41) is 5.20. The van der Waals surface area contributed by atoms with E-state index in [1.807, 2.05) is 0 Å². The summed E-state index contributed by atoms with van der Waals surface area (Å²) in [4.78, 5) is 12.7. The van der Waals surface area contributed by atoms with Crippen molar-refractivity contribution in [1.29, 1.82) is 0 Å². The fourth-order valence-corrected chi connectivity index (χ4v) is 2.82. The van der Waals surface area contributed by atoms with Crippen molar-refractivity contribution in [3.8, 4) is 11.4 Å². The molecule has 0 spiro atoms. The van der Waals surface area contributed by atoms with Crippen LogP contribution in [0.2, 0.25) is 0 Å². The van der Waals surface area contributed by atoms with Gasteiger partial charge in [0.05, 0.1) is 11.1 Å².